The molecule has 4 aliphatic rings. The summed E-state index contributed by atoms with van der Waals surface area (Å²) in [5.41, 5.74) is 0.413. The van der Waals surface area contributed by atoms with Crippen molar-refractivity contribution >= 4 is 5.78 Å². The summed E-state index contributed by atoms with van der Waals surface area (Å²) in [6.45, 7) is 7.23. The molecular weight excluding hydrogens is 272 g/mol. The Morgan fingerprint density at radius 3 is 2.59 bits per heavy atom. The molecule has 0 heterocycles. The number of aliphatic hydroxyl groups excluding tert-OH is 1. The number of fused-ring (bicyclic) bond motifs is 5. The maximum absolute atomic E-state index is 12.5. The van der Waals surface area contributed by atoms with Gasteiger partial charge in [-0.25, -0.2) is 0 Å². The molecule has 0 unspecified atom stereocenters. The van der Waals surface area contributed by atoms with Crippen LogP contribution in [-0.4, -0.2) is 17.0 Å². The fourth-order valence-electron chi connectivity index (χ4n) is 7.39. The molecule has 4 fully saturated rings. The number of rotatable bonds is 0. The molecule has 0 radical (unpaired) electrons. The topological polar surface area (TPSA) is 37.3 Å². The lowest BCUT2D eigenvalue weighted by Crippen LogP contribution is -2.56. The van der Waals surface area contributed by atoms with E-state index in [0.29, 0.717) is 23.0 Å². The van der Waals surface area contributed by atoms with Crippen LogP contribution < -0.4 is 0 Å². The average Bonchev–Trinajstić information content (AvgIpc) is 2.77. The monoisotopic (exact) mass is 304 g/mol. The largest absolute Gasteiger partial charge is 0.393 e. The predicted molar refractivity (Wildman–Crippen MR) is 87.3 cm³/mol. The van der Waals surface area contributed by atoms with Crippen molar-refractivity contribution in [2.75, 3.05) is 0 Å². The zero-order chi connectivity index (χ0) is 15.7. The van der Waals surface area contributed by atoms with E-state index in [1.54, 1.807) is 0 Å². The molecule has 0 spiro atoms. The van der Waals surface area contributed by atoms with Crippen molar-refractivity contribution in [2.45, 2.75) is 78.2 Å². The molecule has 0 bridgehead atoms. The third kappa shape index (κ3) is 1.85. The van der Waals surface area contributed by atoms with Gasteiger partial charge in [-0.2, -0.15) is 0 Å². The van der Waals surface area contributed by atoms with Gasteiger partial charge in [-0.1, -0.05) is 20.8 Å². The summed E-state index contributed by atoms with van der Waals surface area (Å²) >= 11 is 0. The average molecular weight is 304 g/mol. The lowest BCUT2D eigenvalue weighted by atomic mass is 9.43. The van der Waals surface area contributed by atoms with Gasteiger partial charge in [0.15, 0.2) is 0 Å². The molecule has 4 aliphatic carbocycles. The van der Waals surface area contributed by atoms with Gasteiger partial charge in [0, 0.05) is 11.8 Å². The minimum absolute atomic E-state index is 0.00714. The first-order valence-electron chi connectivity index (χ1n) is 9.57. The second-order valence-electron chi connectivity index (χ2n) is 9.55. The van der Waals surface area contributed by atoms with Crippen LogP contribution in [0, 0.1) is 40.4 Å². The predicted octanol–water partition coefficient (Wildman–Crippen LogP) is 4.21. The number of carbonyl (C=O) groups excluding carboxylic acids is 1. The van der Waals surface area contributed by atoms with Crippen molar-refractivity contribution in [1.82, 2.24) is 0 Å². The van der Waals surface area contributed by atoms with Crippen molar-refractivity contribution in [3.05, 3.63) is 0 Å². The van der Waals surface area contributed by atoms with Gasteiger partial charge in [0.05, 0.1) is 6.10 Å². The van der Waals surface area contributed by atoms with E-state index in [-0.39, 0.29) is 11.5 Å². The number of ketones is 1. The van der Waals surface area contributed by atoms with Crippen LogP contribution in [0.15, 0.2) is 0 Å². The first kappa shape index (κ1) is 15.2. The van der Waals surface area contributed by atoms with E-state index in [4.69, 9.17) is 0 Å². The molecule has 2 heteroatoms. The second-order valence-corrected chi connectivity index (χ2v) is 9.55. The highest BCUT2D eigenvalue weighted by Gasteiger charge is 2.61. The molecule has 0 saturated heterocycles. The van der Waals surface area contributed by atoms with Gasteiger partial charge in [0.25, 0.3) is 0 Å². The number of hydrogen-bond acceptors (Lipinski definition) is 2. The molecule has 124 valence electrons. The summed E-state index contributed by atoms with van der Waals surface area (Å²) in [6.07, 6.45) is 8.76. The molecule has 0 aliphatic heterocycles. The SMILES string of the molecule is C[C@H]1C[C@H]2C[C@@H](O)CC[C@]2(C)[C@H]2CC[C@]3(C)C(=O)CC[C@H]3[C@H]12. The summed E-state index contributed by atoms with van der Waals surface area (Å²) in [7, 11) is 0. The molecule has 0 amide bonds. The zero-order valence-electron chi connectivity index (χ0n) is 14.5. The molecule has 4 saturated carbocycles. The van der Waals surface area contributed by atoms with E-state index in [1.807, 2.05) is 0 Å². The fourth-order valence-corrected chi connectivity index (χ4v) is 7.39. The van der Waals surface area contributed by atoms with Crippen molar-refractivity contribution in [3.63, 3.8) is 0 Å². The maximum atomic E-state index is 12.5. The summed E-state index contributed by atoms with van der Waals surface area (Å²) in [4.78, 5) is 12.5. The highest BCUT2D eigenvalue weighted by atomic mass is 16.3. The van der Waals surface area contributed by atoms with Gasteiger partial charge in [0.1, 0.15) is 5.78 Å². The van der Waals surface area contributed by atoms with E-state index in [1.165, 1.54) is 19.3 Å². The lowest BCUT2D eigenvalue weighted by molar-refractivity contribution is -0.153. The molecule has 2 nitrogen and oxygen atoms in total. The molecular formula is C20H32O2. The van der Waals surface area contributed by atoms with Crippen LogP contribution in [0.3, 0.4) is 0 Å². The first-order chi connectivity index (χ1) is 10.4. The summed E-state index contributed by atoms with van der Waals surface area (Å²) < 4.78 is 0. The zero-order valence-corrected chi connectivity index (χ0v) is 14.5. The molecule has 0 aromatic heterocycles. The smallest absolute Gasteiger partial charge is 0.139 e. The molecule has 0 aromatic carbocycles. The van der Waals surface area contributed by atoms with E-state index in [9.17, 15) is 9.90 Å². The molecule has 1 N–H and O–H groups in total. The van der Waals surface area contributed by atoms with Crippen LogP contribution in [0.1, 0.15) is 72.1 Å². The quantitative estimate of drug-likeness (QED) is 0.728. The fraction of sp³-hybridized carbons (Fsp3) is 0.950. The van der Waals surface area contributed by atoms with Crippen molar-refractivity contribution in [1.29, 1.82) is 0 Å². The summed E-state index contributed by atoms with van der Waals surface area (Å²) in [6, 6.07) is 0. The van der Waals surface area contributed by atoms with Crippen LogP contribution in [0.2, 0.25) is 0 Å². The Balaban J connectivity index is 1.69. The Bertz CT molecular complexity index is 486. The normalized spacial score (nSPS) is 57.9. The van der Waals surface area contributed by atoms with Crippen LogP contribution in [0.25, 0.3) is 0 Å². The maximum Gasteiger partial charge on any atom is 0.139 e. The van der Waals surface area contributed by atoms with E-state index in [0.717, 1.165) is 49.9 Å². The summed E-state index contributed by atoms with van der Waals surface area (Å²) in [5, 5.41) is 10.1. The minimum Gasteiger partial charge on any atom is -0.393 e. The number of carbonyl (C=O) groups is 1. The summed E-state index contributed by atoms with van der Waals surface area (Å²) in [5.74, 6) is 4.16. The van der Waals surface area contributed by atoms with E-state index >= 15 is 0 Å². The second kappa shape index (κ2) is 4.82. The number of Topliss-reactive ketones (excluding diaryl/α,β-unsaturated/α-hetero) is 1. The number of aliphatic hydroxyl groups is 1. The van der Waals surface area contributed by atoms with Crippen molar-refractivity contribution in [2.24, 2.45) is 40.4 Å². The number of hydrogen-bond donors (Lipinski definition) is 1. The lowest BCUT2D eigenvalue weighted by Gasteiger charge is -2.62. The van der Waals surface area contributed by atoms with Gasteiger partial charge in [-0.15, -0.1) is 0 Å². The van der Waals surface area contributed by atoms with Gasteiger partial charge in [-0.05, 0) is 80.0 Å². The minimum atomic E-state index is -0.0660. The van der Waals surface area contributed by atoms with Crippen LogP contribution in [0.5, 0.6) is 0 Å². The molecule has 8 atom stereocenters. The van der Waals surface area contributed by atoms with E-state index in [2.05, 4.69) is 20.8 Å². The Hall–Kier alpha value is -0.370. The van der Waals surface area contributed by atoms with Gasteiger partial charge in [-0.3, -0.25) is 4.79 Å². The van der Waals surface area contributed by atoms with Crippen LogP contribution in [0.4, 0.5) is 0 Å². The Morgan fingerprint density at radius 2 is 1.82 bits per heavy atom. The van der Waals surface area contributed by atoms with Gasteiger partial charge in [0.2, 0.25) is 0 Å². The van der Waals surface area contributed by atoms with Gasteiger partial charge >= 0.3 is 0 Å². The Morgan fingerprint density at radius 1 is 1.05 bits per heavy atom. The standard InChI is InChI=1S/C20H32O2/c1-12-10-13-11-14(21)6-8-19(13,2)16-7-9-20(3)15(18(12)16)4-5-17(20)22/h12-16,18,21H,4-11H2,1-3H3/t12-,13-,14-,15-,16-,18-,19-,20-/m0/s1. The Labute approximate surface area is 135 Å². The highest BCUT2D eigenvalue weighted by Crippen LogP contribution is 2.66. The third-order valence-electron chi connectivity index (χ3n) is 8.71. The Kier molecular flexibility index (Phi) is 3.32. The highest BCUT2D eigenvalue weighted by molar-refractivity contribution is 5.87. The van der Waals surface area contributed by atoms with Crippen molar-refractivity contribution in [3.8, 4) is 0 Å². The molecule has 4 rings (SSSR count). The van der Waals surface area contributed by atoms with Crippen LogP contribution in [-0.2, 0) is 4.79 Å². The molecule has 0 aromatic rings. The van der Waals surface area contributed by atoms with Gasteiger partial charge < -0.3 is 5.11 Å². The van der Waals surface area contributed by atoms with E-state index < -0.39 is 0 Å². The first-order valence-corrected chi connectivity index (χ1v) is 9.57. The molecule has 22 heavy (non-hydrogen) atoms. The third-order valence-corrected chi connectivity index (χ3v) is 8.71. The van der Waals surface area contributed by atoms with Crippen molar-refractivity contribution < 1.29 is 9.90 Å². The van der Waals surface area contributed by atoms with Crippen LogP contribution >= 0.6 is 0 Å².